The fourth-order valence-corrected chi connectivity index (χ4v) is 4.54. The zero-order chi connectivity index (χ0) is 25.9. The molecular formula is C28H24N4O5. The number of amides is 2. The van der Waals surface area contributed by atoms with E-state index in [1.165, 1.54) is 6.07 Å². The van der Waals surface area contributed by atoms with Gasteiger partial charge in [0.25, 0.3) is 5.91 Å². The fraction of sp³-hybridized carbons (Fsp3) is 0.143. The first-order chi connectivity index (χ1) is 17.9. The maximum atomic E-state index is 13.3. The Hall–Kier alpha value is -4.92. The Balaban J connectivity index is 1.38. The molecule has 9 nitrogen and oxygen atoms in total. The number of nitrogens with zero attached hydrogens (tertiary/aromatic N) is 3. The molecule has 3 aromatic carbocycles. The first-order valence-corrected chi connectivity index (χ1v) is 11.8. The molecule has 2 N–H and O–H groups in total. The van der Waals surface area contributed by atoms with Gasteiger partial charge in [0, 0.05) is 43.3 Å². The van der Waals surface area contributed by atoms with Crippen LogP contribution in [0.2, 0.25) is 0 Å². The van der Waals surface area contributed by atoms with Gasteiger partial charge in [-0.15, -0.1) is 0 Å². The number of piperazine rings is 1. The van der Waals surface area contributed by atoms with Crippen molar-refractivity contribution in [3.63, 3.8) is 0 Å². The van der Waals surface area contributed by atoms with Crippen LogP contribution < -0.4 is 15.6 Å². The van der Waals surface area contributed by atoms with Gasteiger partial charge in [-0.3, -0.25) is 14.2 Å². The molecule has 4 aromatic rings. The van der Waals surface area contributed by atoms with Gasteiger partial charge >= 0.3 is 12.0 Å². The van der Waals surface area contributed by atoms with Crippen molar-refractivity contribution in [1.82, 2.24) is 9.47 Å². The molecule has 186 valence electrons. The van der Waals surface area contributed by atoms with Crippen LogP contribution in [0.5, 0.6) is 0 Å². The largest absolute Gasteiger partial charge is 0.477 e. The number of aromatic carboxylic acids is 1. The van der Waals surface area contributed by atoms with Gasteiger partial charge in [0.15, 0.2) is 0 Å². The van der Waals surface area contributed by atoms with Gasteiger partial charge in [0.2, 0.25) is 5.43 Å². The number of rotatable bonds is 4. The van der Waals surface area contributed by atoms with Gasteiger partial charge in [0.1, 0.15) is 5.56 Å². The first kappa shape index (κ1) is 23.8. The number of carboxylic acids is 1. The fourth-order valence-electron chi connectivity index (χ4n) is 4.54. The standard InChI is InChI=1S/C28H24N4O5/c33-25-20-10-4-6-12-23(20)32(18-21(25)27(35)36)28(37)29-22-11-5-7-13-24(22)30-14-16-31(17-15-30)26(34)19-8-2-1-3-9-19/h1-13,18H,14-17H2,(H,29,37)(H,35,36). The van der Waals surface area contributed by atoms with Crippen LogP contribution in [0, 0.1) is 0 Å². The molecule has 0 aliphatic carbocycles. The van der Waals surface area contributed by atoms with E-state index in [4.69, 9.17) is 0 Å². The van der Waals surface area contributed by atoms with Crippen LogP contribution >= 0.6 is 0 Å². The number of benzene rings is 3. The lowest BCUT2D eigenvalue weighted by Gasteiger charge is -2.37. The molecule has 0 saturated carbocycles. The van der Waals surface area contributed by atoms with E-state index in [9.17, 15) is 24.3 Å². The molecule has 1 aromatic heterocycles. The summed E-state index contributed by atoms with van der Waals surface area (Å²) in [4.78, 5) is 54.3. The number of fused-ring (bicyclic) bond motifs is 1. The molecule has 2 heterocycles. The van der Waals surface area contributed by atoms with E-state index >= 15 is 0 Å². The molecule has 1 aliphatic rings. The van der Waals surface area contributed by atoms with Crippen molar-refractivity contribution in [1.29, 1.82) is 0 Å². The van der Waals surface area contributed by atoms with Crippen molar-refractivity contribution in [3.05, 3.63) is 106 Å². The van der Waals surface area contributed by atoms with Crippen LogP contribution in [-0.4, -0.2) is 58.7 Å². The zero-order valence-electron chi connectivity index (χ0n) is 19.8. The van der Waals surface area contributed by atoms with Crippen molar-refractivity contribution >= 4 is 40.2 Å². The average molecular weight is 497 g/mol. The monoisotopic (exact) mass is 496 g/mol. The molecule has 1 fully saturated rings. The topological polar surface area (TPSA) is 112 Å². The highest BCUT2D eigenvalue weighted by Gasteiger charge is 2.24. The summed E-state index contributed by atoms with van der Waals surface area (Å²) in [6.45, 7) is 2.22. The number of para-hydroxylation sites is 3. The Morgan fingerprint density at radius 1 is 0.784 bits per heavy atom. The first-order valence-electron chi connectivity index (χ1n) is 11.8. The van der Waals surface area contributed by atoms with Crippen LogP contribution in [0.1, 0.15) is 20.7 Å². The molecule has 1 saturated heterocycles. The summed E-state index contributed by atoms with van der Waals surface area (Å²) in [6, 6.07) is 22.3. The van der Waals surface area contributed by atoms with Gasteiger partial charge < -0.3 is 20.2 Å². The highest BCUT2D eigenvalue weighted by Crippen LogP contribution is 2.27. The lowest BCUT2D eigenvalue weighted by molar-refractivity contribution is 0.0693. The maximum Gasteiger partial charge on any atom is 0.341 e. The summed E-state index contributed by atoms with van der Waals surface area (Å²) < 4.78 is 1.15. The molecule has 0 bridgehead atoms. The van der Waals surface area contributed by atoms with E-state index in [2.05, 4.69) is 10.2 Å². The van der Waals surface area contributed by atoms with Crippen LogP contribution in [0.25, 0.3) is 10.9 Å². The molecule has 2 amide bonds. The zero-order valence-corrected chi connectivity index (χ0v) is 19.8. The molecule has 0 atom stereocenters. The predicted molar refractivity (Wildman–Crippen MR) is 141 cm³/mol. The molecule has 0 radical (unpaired) electrons. The normalized spacial score (nSPS) is 13.4. The maximum absolute atomic E-state index is 13.3. The number of carboxylic acid groups (broad SMARTS) is 1. The smallest absolute Gasteiger partial charge is 0.341 e. The van der Waals surface area contributed by atoms with Crippen LogP contribution in [-0.2, 0) is 0 Å². The Kier molecular flexibility index (Phi) is 6.42. The number of nitrogens with one attached hydrogen (secondary N) is 1. The van der Waals surface area contributed by atoms with E-state index in [0.717, 1.165) is 16.5 Å². The summed E-state index contributed by atoms with van der Waals surface area (Å²) in [6.07, 6.45) is 1.05. The highest BCUT2D eigenvalue weighted by atomic mass is 16.4. The molecule has 5 rings (SSSR count). The molecule has 1 aliphatic heterocycles. The van der Waals surface area contributed by atoms with Gasteiger partial charge in [-0.2, -0.15) is 0 Å². The molecule has 9 heteroatoms. The molecule has 37 heavy (non-hydrogen) atoms. The lowest BCUT2D eigenvalue weighted by atomic mass is 10.1. The second-order valence-corrected chi connectivity index (χ2v) is 8.66. The Morgan fingerprint density at radius 3 is 2.16 bits per heavy atom. The number of carbonyl (C=O) groups excluding carboxylic acids is 2. The Morgan fingerprint density at radius 2 is 1.43 bits per heavy atom. The minimum Gasteiger partial charge on any atom is -0.477 e. The number of carbonyl (C=O) groups is 3. The third-order valence-electron chi connectivity index (χ3n) is 6.43. The molecule has 0 unspecified atom stereocenters. The number of pyridine rings is 1. The SMILES string of the molecule is O=C(O)c1cn(C(=O)Nc2ccccc2N2CCN(C(=O)c3ccccc3)CC2)c2ccccc2c1=O. The van der Waals surface area contributed by atoms with Gasteiger partial charge in [0.05, 0.1) is 16.9 Å². The van der Waals surface area contributed by atoms with Crippen molar-refractivity contribution in [3.8, 4) is 0 Å². The Labute approximate surface area is 212 Å². The van der Waals surface area contributed by atoms with Gasteiger partial charge in [-0.25, -0.2) is 9.59 Å². The van der Waals surface area contributed by atoms with Crippen LogP contribution in [0.15, 0.2) is 89.9 Å². The van der Waals surface area contributed by atoms with E-state index in [0.29, 0.717) is 42.9 Å². The highest BCUT2D eigenvalue weighted by molar-refractivity contribution is 6.02. The van der Waals surface area contributed by atoms with E-state index in [-0.39, 0.29) is 11.3 Å². The van der Waals surface area contributed by atoms with Crippen molar-refractivity contribution in [2.24, 2.45) is 0 Å². The summed E-state index contributed by atoms with van der Waals surface area (Å²) >= 11 is 0. The third-order valence-corrected chi connectivity index (χ3v) is 6.43. The third kappa shape index (κ3) is 4.66. The second kappa shape index (κ2) is 9.98. The number of aromatic nitrogens is 1. The molecule has 0 spiro atoms. The quantitative estimate of drug-likeness (QED) is 0.445. The van der Waals surface area contributed by atoms with Crippen LogP contribution in [0.3, 0.4) is 0 Å². The molecular weight excluding hydrogens is 472 g/mol. The summed E-state index contributed by atoms with van der Waals surface area (Å²) in [5.41, 5.74) is 1.15. The minimum absolute atomic E-state index is 0.0128. The predicted octanol–water partition coefficient (Wildman–Crippen LogP) is 3.74. The van der Waals surface area contributed by atoms with Crippen LogP contribution in [0.4, 0.5) is 16.2 Å². The average Bonchev–Trinajstić information content (AvgIpc) is 2.93. The number of hydrogen-bond donors (Lipinski definition) is 2. The minimum atomic E-state index is -1.40. The Bertz CT molecular complexity index is 1560. The van der Waals surface area contributed by atoms with E-state index in [1.807, 2.05) is 35.2 Å². The second-order valence-electron chi connectivity index (χ2n) is 8.66. The van der Waals surface area contributed by atoms with Crippen molar-refractivity contribution in [2.75, 3.05) is 36.4 Å². The van der Waals surface area contributed by atoms with E-state index < -0.39 is 23.0 Å². The van der Waals surface area contributed by atoms with Crippen molar-refractivity contribution in [2.45, 2.75) is 0 Å². The summed E-state index contributed by atoms with van der Waals surface area (Å²) in [5, 5.41) is 12.5. The van der Waals surface area contributed by atoms with Gasteiger partial charge in [-0.05, 0) is 36.4 Å². The summed E-state index contributed by atoms with van der Waals surface area (Å²) in [7, 11) is 0. The lowest BCUT2D eigenvalue weighted by Crippen LogP contribution is -2.49. The number of anilines is 2. The van der Waals surface area contributed by atoms with Gasteiger partial charge in [-0.1, -0.05) is 42.5 Å². The summed E-state index contributed by atoms with van der Waals surface area (Å²) in [5.74, 6) is -1.42. The number of hydrogen-bond acceptors (Lipinski definition) is 5. The van der Waals surface area contributed by atoms with E-state index in [1.54, 1.807) is 42.5 Å². The van der Waals surface area contributed by atoms with Crippen molar-refractivity contribution < 1.29 is 19.5 Å².